The van der Waals surface area contributed by atoms with Crippen LogP contribution in [0.3, 0.4) is 0 Å². The van der Waals surface area contributed by atoms with Gasteiger partial charge in [0.15, 0.2) is 6.61 Å². The molecule has 0 bridgehead atoms. The van der Waals surface area contributed by atoms with Gasteiger partial charge in [0.1, 0.15) is 18.1 Å². The lowest BCUT2D eigenvalue weighted by Gasteiger charge is -2.14. The number of carbonyl (C=O) groups excluding carboxylic acids is 2. The van der Waals surface area contributed by atoms with Gasteiger partial charge in [-0.05, 0) is 47.4 Å². The van der Waals surface area contributed by atoms with Crippen molar-refractivity contribution in [1.29, 1.82) is 0 Å². The van der Waals surface area contributed by atoms with E-state index in [9.17, 15) is 9.59 Å². The first-order valence-corrected chi connectivity index (χ1v) is 10.1. The molecular weight excluding hydrogens is 392 g/mol. The quantitative estimate of drug-likeness (QED) is 0.537. The maximum atomic E-state index is 12.2. The number of hydrazine groups is 1. The molecule has 0 aliphatic rings. The van der Waals surface area contributed by atoms with Crippen LogP contribution in [0.15, 0.2) is 78.9 Å². The number of nitrogens with one attached hydrogen (secondary N) is 2. The Balaban J connectivity index is 1.44. The average Bonchev–Trinajstić information content (AvgIpc) is 2.81. The van der Waals surface area contributed by atoms with Crippen molar-refractivity contribution in [3.05, 3.63) is 95.6 Å². The third kappa shape index (κ3) is 6.60. The van der Waals surface area contributed by atoms with Crippen molar-refractivity contribution in [2.45, 2.75) is 26.4 Å². The van der Waals surface area contributed by atoms with Crippen molar-refractivity contribution in [3.63, 3.8) is 0 Å². The van der Waals surface area contributed by atoms with Crippen LogP contribution in [0.5, 0.6) is 11.5 Å². The molecule has 0 aliphatic heterocycles. The van der Waals surface area contributed by atoms with Gasteiger partial charge in [0.2, 0.25) is 0 Å². The van der Waals surface area contributed by atoms with E-state index >= 15 is 0 Å². The molecule has 0 unspecified atom stereocenters. The summed E-state index contributed by atoms with van der Waals surface area (Å²) in [5.41, 5.74) is 7.24. The number of para-hydroxylation sites is 1. The molecule has 0 aliphatic carbocycles. The molecule has 0 fully saturated rings. The molecule has 0 spiro atoms. The second-order valence-electron chi connectivity index (χ2n) is 7.28. The van der Waals surface area contributed by atoms with Crippen molar-refractivity contribution >= 4 is 11.8 Å². The second-order valence-corrected chi connectivity index (χ2v) is 7.28. The maximum absolute atomic E-state index is 12.2. The number of carbonyl (C=O) groups is 2. The third-order valence-corrected chi connectivity index (χ3v) is 4.58. The molecule has 31 heavy (non-hydrogen) atoms. The number of hydrogen-bond acceptors (Lipinski definition) is 4. The summed E-state index contributed by atoms with van der Waals surface area (Å²) >= 11 is 0. The van der Waals surface area contributed by atoms with E-state index in [4.69, 9.17) is 9.47 Å². The third-order valence-electron chi connectivity index (χ3n) is 4.58. The molecule has 3 aromatic rings. The van der Waals surface area contributed by atoms with E-state index in [1.807, 2.05) is 54.6 Å². The SMILES string of the molecule is CC(C)c1ccccc1OCC(=O)NNC(=O)c1ccc(OCc2ccccc2)cc1. The highest BCUT2D eigenvalue weighted by molar-refractivity contribution is 5.95. The van der Waals surface area contributed by atoms with Crippen molar-refractivity contribution in [3.8, 4) is 11.5 Å². The molecule has 160 valence electrons. The fraction of sp³-hybridized carbons (Fsp3) is 0.200. The van der Waals surface area contributed by atoms with Crippen LogP contribution >= 0.6 is 0 Å². The molecule has 3 rings (SSSR count). The zero-order valence-electron chi connectivity index (χ0n) is 17.6. The van der Waals surface area contributed by atoms with Gasteiger partial charge < -0.3 is 9.47 Å². The van der Waals surface area contributed by atoms with Gasteiger partial charge in [-0.3, -0.25) is 20.4 Å². The van der Waals surface area contributed by atoms with Crippen LogP contribution in [-0.4, -0.2) is 18.4 Å². The number of amides is 2. The fourth-order valence-corrected chi connectivity index (χ4v) is 2.91. The molecular formula is C25H26N2O4. The van der Waals surface area contributed by atoms with Gasteiger partial charge in [-0.1, -0.05) is 62.4 Å². The first-order chi connectivity index (χ1) is 15.0. The van der Waals surface area contributed by atoms with Crippen LogP contribution in [0.4, 0.5) is 0 Å². The van der Waals surface area contributed by atoms with E-state index in [1.165, 1.54) is 0 Å². The summed E-state index contributed by atoms with van der Waals surface area (Å²) in [5, 5.41) is 0. The van der Waals surface area contributed by atoms with E-state index in [-0.39, 0.29) is 12.5 Å². The van der Waals surface area contributed by atoms with Crippen LogP contribution in [0, 0.1) is 0 Å². The van der Waals surface area contributed by atoms with Crippen molar-refractivity contribution in [2.24, 2.45) is 0 Å². The molecule has 0 saturated heterocycles. The van der Waals surface area contributed by atoms with Gasteiger partial charge in [0.25, 0.3) is 11.8 Å². The summed E-state index contributed by atoms with van der Waals surface area (Å²) in [6.45, 7) is 4.36. The zero-order valence-corrected chi connectivity index (χ0v) is 17.6. The highest BCUT2D eigenvalue weighted by Gasteiger charge is 2.11. The Labute approximate surface area is 182 Å². The molecule has 0 saturated carbocycles. The van der Waals surface area contributed by atoms with Gasteiger partial charge >= 0.3 is 0 Å². The number of ether oxygens (including phenoxy) is 2. The Hall–Kier alpha value is -3.80. The molecule has 2 amide bonds. The normalized spacial score (nSPS) is 10.4. The molecule has 0 heterocycles. The van der Waals surface area contributed by atoms with E-state index in [1.54, 1.807) is 24.3 Å². The van der Waals surface area contributed by atoms with Gasteiger partial charge in [-0.2, -0.15) is 0 Å². The van der Waals surface area contributed by atoms with Gasteiger partial charge in [-0.15, -0.1) is 0 Å². The number of hydrogen-bond donors (Lipinski definition) is 2. The van der Waals surface area contributed by atoms with Gasteiger partial charge in [0.05, 0.1) is 0 Å². The second kappa shape index (κ2) is 10.8. The molecule has 0 aromatic heterocycles. The molecule has 6 nitrogen and oxygen atoms in total. The minimum Gasteiger partial charge on any atom is -0.489 e. The van der Waals surface area contributed by atoms with Gasteiger partial charge in [0, 0.05) is 5.56 Å². The predicted octanol–water partition coefficient (Wildman–Crippen LogP) is 4.23. The lowest BCUT2D eigenvalue weighted by molar-refractivity contribution is -0.123. The maximum Gasteiger partial charge on any atom is 0.276 e. The van der Waals surface area contributed by atoms with Crippen LogP contribution in [-0.2, 0) is 11.4 Å². The van der Waals surface area contributed by atoms with Crippen molar-refractivity contribution in [1.82, 2.24) is 10.9 Å². The van der Waals surface area contributed by atoms with Crippen LogP contribution in [0.2, 0.25) is 0 Å². The average molecular weight is 418 g/mol. The zero-order chi connectivity index (χ0) is 22.1. The van der Waals surface area contributed by atoms with Crippen LogP contribution < -0.4 is 20.3 Å². The Bertz CT molecular complexity index is 1000. The molecule has 3 aromatic carbocycles. The minimum absolute atomic E-state index is 0.198. The Morgan fingerprint density at radius 3 is 2.19 bits per heavy atom. The summed E-state index contributed by atoms with van der Waals surface area (Å²) in [6, 6.07) is 24.1. The van der Waals surface area contributed by atoms with Crippen molar-refractivity contribution in [2.75, 3.05) is 6.61 Å². The minimum atomic E-state index is -0.449. The molecule has 0 atom stereocenters. The standard InChI is InChI=1S/C25H26N2O4/c1-18(2)22-10-6-7-11-23(22)31-17-24(28)26-27-25(29)20-12-14-21(15-13-20)30-16-19-8-4-3-5-9-19/h3-15,18H,16-17H2,1-2H3,(H,26,28)(H,27,29). The first kappa shape index (κ1) is 21.9. The number of benzene rings is 3. The molecule has 6 heteroatoms. The highest BCUT2D eigenvalue weighted by Crippen LogP contribution is 2.25. The topological polar surface area (TPSA) is 76.7 Å². The first-order valence-electron chi connectivity index (χ1n) is 10.1. The fourth-order valence-electron chi connectivity index (χ4n) is 2.91. The lowest BCUT2D eigenvalue weighted by Crippen LogP contribution is -2.43. The Morgan fingerprint density at radius 1 is 0.806 bits per heavy atom. The molecule has 0 radical (unpaired) electrons. The summed E-state index contributed by atoms with van der Waals surface area (Å²) < 4.78 is 11.3. The Kier molecular flexibility index (Phi) is 7.65. The largest absolute Gasteiger partial charge is 0.489 e. The van der Waals surface area contributed by atoms with Gasteiger partial charge in [-0.25, -0.2) is 0 Å². The summed E-state index contributed by atoms with van der Waals surface area (Å²) in [5.74, 6) is 0.714. The van der Waals surface area contributed by atoms with Crippen LogP contribution in [0.1, 0.15) is 41.3 Å². The van der Waals surface area contributed by atoms with E-state index in [2.05, 4.69) is 24.7 Å². The van der Waals surface area contributed by atoms with Crippen molar-refractivity contribution < 1.29 is 19.1 Å². The summed E-state index contributed by atoms with van der Waals surface area (Å²) in [6.07, 6.45) is 0. The monoisotopic (exact) mass is 418 g/mol. The highest BCUT2D eigenvalue weighted by atomic mass is 16.5. The van der Waals surface area contributed by atoms with E-state index in [0.29, 0.717) is 23.7 Å². The summed E-state index contributed by atoms with van der Waals surface area (Å²) in [4.78, 5) is 24.3. The smallest absolute Gasteiger partial charge is 0.276 e. The Morgan fingerprint density at radius 2 is 1.48 bits per heavy atom. The molecule has 2 N–H and O–H groups in total. The van der Waals surface area contributed by atoms with Crippen LogP contribution in [0.25, 0.3) is 0 Å². The summed E-state index contributed by atoms with van der Waals surface area (Å²) in [7, 11) is 0. The van der Waals surface area contributed by atoms with E-state index < -0.39 is 11.8 Å². The number of rotatable bonds is 8. The van der Waals surface area contributed by atoms with E-state index in [0.717, 1.165) is 11.1 Å². The predicted molar refractivity (Wildman–Crippen MR) is 119 cm³/mol. The lowest BCUT2D eigenvalue weighted by atomic mass is 10.0.